The zero-order valence-corrected chi connectivity index (χ0v) is 9.15. The predicted molar refractivity (Wildman–Crippen MR) is 58.7 cm³/mol. The molecule has 0 spiro atoms. The minimum atomic E-state index is 0.0781. The highest BCUT2D eigenvalue weighted by atomic mass is 16.5. The van der Waals surface area contributed by atoms with Gasteiger partial charge >= 0.3 is 5.71 Å². The van der Waals surface area contributed by atoms with Gasteiger partial charge in [-0.25, -0.2) is 0 Å². The monoisotopic (exact) mass is 226 g/mol. The zero-order valence-electron chi connectivity index (χ0n) is 9.15. The van der Waals surface area contributed by atoms with Crippen LogP contribution >= 0.6 is 0 Å². The second-order valence-electron chi connectivity index (χ2n) is 3.31. The number of nitrogens with one attached hydrogen (secondary N) is 2. The Kier molecular flexibility index (Phi) is 2.51. The molecule has 0 bridgehead atoms. The molecule has 16 heavy (non-hydrogen) atoms. The van der Waals surface area contributed by atoms with E-state index in [1.807, 2.05) is 13.8 Å². The van der Waals surface area contributed by atoms with E-state index in [9.17, 15) is 10.4 Å². The Morgan fingerprint density at radius 1 is 1.44 bits per heavy atom. The van der Waals surface area contributed by atoms with Crippen molar-refractivity contribution in [2.24, 2.45) is 0 Å². The van der Waals surface area contributed by atoms with Gasteiger partial charge in [-0.3, -0.25) is 0 Å². The Labute approximate surface area is 91.8 Å². The summed E-state index contributed by atoms with van der Waals surface area (Å²) in [4.78, 5) is 0. The van der Waals surface area contributed by atoms with Crippen LogP contribution in [0.1, 0.15) is 13.8 Å². The van der Waals surface area contributed by atoms with Crippen LogP contribution in [0.4, 0.5) is 11.6 Å². The molecule has 0 unspecified atom stereocenters. The molecule has 0 radical (unpaired) electrons. The van der Waals surface area contributed by atoms with E-state index in [-0.39, 0.29) is 5.71 Å². The summed E-state index contributed by atoms with van der Waals surface area (Å²) in [5.41, 5.74) is 1.01. The minimum absolute atomic E-state index is 0.0781. The van der Waals surface area contributed by atoms with E-state index in [2.05, 4.69) is 10.6 Å². The molecule has 0 atom stereocenters. The summed E-state index contributed by atoms with van der Waals surface area (Å²) < 4.78 is 6.58. The fraction of sp³-hybridized carbons (Fsp3) is 0.444. The first-order chi connectivity index (χ1) is 7.69. The number of fused-ring (bicyclic) bond motifs is 1. The quantitative estimate of drug-likeness (QED) is 0.410. The number of rotatable bonds is 4. The Bertz CT molecular complexity index is 502. The minimum Gasteiger partial charge on any atom is -0.708 e. The molecule has 0 fully saturated rings. The van der Waals surface area contributed by atoms with Gasteiger partial charge < -0.3 is 25.5 Å². The van der Waals surface area contributed by atoms with E-state index < -0.39 is 0 Å². The van der Waals surface area contributed by atoms with E-state index >= 15 is 0 Å². The number of aromatic nitrogens is 2. The van der Waals surface area contributed by atoms with E-state index in [1.165, 1.54) is 0 Å². The van der Waals surface area contributed by atoms with Crippen LogP contribution in [0.3, 0.4) is 0 Å². The fourth-order valence-corrected chi connectivity index (χ4v) is 1.61. The SMILES string of the molecule is CCNc1oc2c(c1NCC)n(O)c[n+]2[O-]. The highest BCUT2D eigenvalue weighted by molar-refractivity contribution is 5.91. The third kappa shape index (κ3) is 1.40. The second kappa shape index (κ2) is 3.84. The van der Waals surface area contributed by atoms with Crippen molar-refractivity contribution >= 4 is 22.8 Å². The first-order valence-electron chi connectivity index (χ1n) is 5.13. The number of furan rings is 1. The van der Waals surface area contributed by atoms with Crippen LogP contribution in [-0.4, -0.2) is 23.0 Å². The van der Waals surface area contributed by atoms with Gasteiger partial charge in [-0.05, 0) is 18.6 Å². The molecule has 2 aromatic rings. The van der Waals surface area contributed by atoms with Gasteiger partial charge in [-0.1, -0.05) is 0 Å². The maximum absolute atomic E-state index is 11.4. The number of nitrogens with zero attached hydrogens (tertiary/aromatic N) is 2. The molecule has 0 aliphatic rings. The summed E-state index contributed by atoms with van der Waals surface area (Å²) >= 11 is 0. The topological polar surface area (TPSA) is 89.3 Å². The Morgan fingerprint density at radius 3 is 2.75 bits per heavy atom. The number of imidazole rings is 1. The molecule has 3 N–H and O–H groups in total. The van der Waals surface area contributed by atoms with Gasteiger partial charge in [0, 0.05) is 13.1 Å². The summed E-state index contributed by atoms with van der Waals surface area (Å²) in [6, 6.07) is 0. The Morgan fingerprint density at radius 2 is 2.12 bits per heavy atom. The van der Waals surface area contributed by atoms with Crippen LogP contribution in [0, 0.1) is 5.21 Å². The van der Waals surface area contributed by atoms with Gasteiger partial charge in [0.1, 0.15) is 0 Å². The van der Waals surface area contributed by atoms with Crippen molar-refractivity contribution in [2.75, 3.05) is 23.7 Å². The van der Waals surface area contributed by atoms with Gasteiger partial charge in [-0.2, -0.15) is 4.73 Å². The van der Waals surface area contributed by atoms with Crippen LogP contribution in [0.5, 0.6) is 0 Å². The molecule has 88 valence electrons. The summed E-state index contributed by atoms with van der Waals surface area (Å²) in [5, 5.41) is 26.9. The molecule has 2 aromatic heterocycles. The van der Waals surface area contributed by atoms with Crippen LogP contribution in [0.2, 0.25) is 0 Å². The van der Waals surface area contributed by atoms with Gasteiger partial charge in [0.2, 0.25) is 5.88 Å². The summed E-state index contributed by atoms with van der Waals surface area (Å²) in [7, 11) is 0. The lowest BCUT2D eigenvalue weighted by Crippen LogP contribution is -2.22. The Balaban J connectivity index is 2.62. The van der Waals surface area contributed by atoms with Crippen molar-refractivity contribution in [3.8, 4) is 0 Å². The first-order valence-corrected chi connectivity index (χ1v) is 5.13. The number of hydrogen-bond donors (Lipinski definition) is 3. The second-order valence-corrected chi connectivity index (χ2v) is 3.31. The normalized spacial score (nSPS) is 10.9. The van der Waals surface area contributed by atoms with Crippen molar-refractivity contribution in [1.82, 2.24) is 4.73 Å². The molecule has 7 heteroatoms. The molecular formula is C9H14N4O3. The molecule has 0 aliphatic carbocycles. The van der Waals surface area contributed by atoms with Crippen molar-refractivity contribution in [3.05, 3.63) is 11.5 Å². The van der Waals surface area contributed by atoms with Gasteiger partial charge in [0.25, 0.3) is 11.8 Å². The Hall–Kier alpha value is -2.05. The molecule has 0 saturated heterocycles. The van der Waals surface area contributed by atoms with Crippen LogP contribution < -0.4 is 15.4 Å². The summed E-state index contributed by atoms with van der Waals surface area (Å²) in [6.07, 6.45) is 1.00. The van der Waals surface area contributed by atoms with Crippen molar-refractivity contribution in [2.45, 2.75) is 13.8 Å². The smallest absolute Gasteiger partial charge is 0.349 e. The van der Waals surface area contributed by atoms with E-state index in [4.69, 9.17) is 4.42 Å². The maximum Gasteiger partial charge on any atom is 0.349 e. The van der Waals surface area contributed by atoms with E-state index in [1.54, 1.807) is 0 Å². The van der Waals surface area contributed by atoms with Crippen molar-refractivity contribution in [1.29, 1.82) is 0 Å². The molecule has 0 saturated carbocycles. The van der Waals surface area contributed by atoms with Gasteiger partial charge in [-0.15, -0.1) is 0 Å². The fourth-order valence-electron chi connectivity index (χ4n) is 1.61. The average molecular weight is 226 g/mol. The van der Waals surface area contributed by atoms with Gasteiger partial charge in [0.15, 0.2) is 5.69 Å². The molecule has 7 nitrogen and oxygen atoms in total. The van der Waals surface area contributed by atoms with Crippen molar-refractivity contribution in [3.63, 3.8) is 0 Å². The predicted octanol–water partition coefficient (Wildman–Crippen LogP) is 0.969. The van der Waals surface area contributed by atoms with Crippen LogP contribution in [0.25, 0.3) is 11.2 Å². The average Bonchev–Trinajstić information content (AvgIpc) is 2.70. The molecular weight excluding hydrogens is 212 g/mol. The van der Waals surface area contributed by atoms with E-state index in [0.717, 1.165) is 11.1 Å². The molecule has 2 rings (SSSR count). The van der Waals surface area contributed by atoms with Crippen LogP contribution in [0.15, 0.2) is 10.7 Å². The third-order valence-electron chi connectivity index (χ3n) is 2.20. The number of hydrogen-bond acceptors (Lipinski definition) is 5. The third-order valence-corrected chi connectivity index (χ3v) is 2.20. The lowest BCUT2D eigenvalue weighted by Gasteiger charge is -2.03. The van der Waals surface area contributed by atoms with E-state index in [0.29, 0.717) is 34.9 Å². The summed E-state index contributed by atoms with van der Waals surface area (Å²) in [6.45, 7) is 5.17. The largest absolute Gasteiger partial charge is 0.708 e. The lowest BCUT2D eigenvalue weighted by atomic mass is 10.4. The molecule has 2 heterocycles. The maximum atomic E-state index is 11.4. The molecule has 0 aliphatic heterocycles. The zero-order chi connectivity index (χ0) is 11.7. The van der Waals surface area contributed by atoms with Gasteiger partial charge in [0.05, 0.1) is 0 Å². The van der Waals surface area contributed by atoms with Crippen molar-refractivity contribution < 1.29 is 14.4 Å². The lowest BCUT2D eigenvalue weighted by molar-refractivity contribution is -0.587. The molecule has 0 aromatic carbocycles. The van der Waals surface area contributed by atoms with Crippen LogP contribution in [-0.2, 0) is 0 Å². The first kappa shape index (κ1) is 10.5. The highest BCUT2D eigenvalue weighted by Gasteiger charge is 2.25. The standard InChI is InChI=1S/C9H14N4O3/c1-3-10-6-7-9(13(15)5-12(7)14)16-8(6)11-4-2/h5,10-11,14H,3-4H2,1-2H3. The molecule has 0 amide bonds. The number of anilines is 2. The summed E-state index contributed by atoms with van der Waals surface area (Å²) in [5.74, 6) is 0.461. The highest BCUT2D eigenvalue weighted by Crippen LogP contribution is 2.33.